The Morgan fingerprint density at radius 1 is 1.06 bits per heavy atom. The maximum atomic E-state index is 13.4. The second-order valence-corrected chi connectivity index (χ2v) is 9.36. The summed E-state index contributed by atoms with van der Waals surface area (Å²) >= 11 is 1.66. The SMILES string of the molecule is N#CCCN(C(=O)COC(=O)c1c2c(nc3ccccc13)C(=Cc1cccs1)CC2)c1ccccc1. The van der Waals surface area contributed by atoms with Crippen LogP contribution in [0.4, 0.5) is 5.69 Å². The normalized spacial score (nSPS) is 13.4. The quantitative estimate of drug-likeness (QED) is 0.300. The van der Waals surface area contributed by atoms with Crippen LogP contribution < -0.4 is 4.90 Å². The van der Waals surface area contributed by atoms with Crippen molar-refractivity contribution in [3.63, 3.8) is 0 Å². The first kappa shape index (κ1) is 23.5. The summed E-state index contributed by atoms with van der Waals surface area (Å²) in [4.78, 5) is 34.0. The van der Waals surface area contributed by atoms with E-state index >= 15 is 0 Å². The first-order valence-electron chi connectivity index (χ1n) is 11.7. The molecular weight excluding hydrogens is 470 g/mol. The molecule has 0 atom stereocenters. The van der Waals surface area contributed by atoms with Crippen LogP contribution in [0.5, 0.6) is 0 Å². The molecule has 2 aromatic heterocycles. The van der Waals surface area contributed by atoms with Gasteiger partial charge in [-0.15, -0.1) is 11.3 Å². The first-order valence-corrected chi connectivity index (χ1v) is 12.6. The summed E-state index contributed by atoms with van der Waals surface area (Å²) < 4.78 is 5.59. The molecule has 2 heterocycles. The number of nitriles is 1. The molecule has 0 N–H and O–H groups in total. The zero-order valence-electron chi connectivity index (χ0n) is 19.5. The molecule has 0 fully saturated rings. The Balaban J connectivity index is 1.44. The predicted octanol–water partition coefficient (Wildman–Crippen LogP) is 5.89. The van der Waals surface area contributed by atoms with Gasteiger partial charge in [-0.2, -0.15) is 5.26 Å². The van der Waals surface area contributed by atoms with Gasteiger partial charge >= 0.3 is 5.97 Å². The van der Waals surface area contributed by atoms with Gasteiger partial charge in [-0.25, -0.2) is 9.78 Å². The standard InChI is InChI=1S/C29H23N3O3S/c30-15-7-16-32(21-8-2-1-3-9-21)26(33)19-35-29(34)27-23-11-4-5-12-25(23)31-28-20(13-14-24(27)28)18-22-10-6-17-36-22/h1-6,8-12,17-18H,7,13-14,16,19H2. The van der Waals surface area contributed by atoms with Crippen molar-refractivity contribution in [2.24, 2.45) is 0 Å². The Hall–Kier alpha value is -4.28. The molecule has 6 nitrogen and oxygen atoms in total. The number of amides is 1. The molecule has 1 amide bonds. The molecule has 0 saturated heterocycles. The molecule has 0 saturated carbocycles. The third-order valence-corrected chi connectivity index (χ3v) is 6.97. The number of carbonyl (C=O) groups is 2. The van der Waals surface area contributed by atoms with Crippen molar-refractivity contribution in [3.8, 4) is 6.07 Å². The monoisotopic (exact) mass is 493 g/mol. The third kappa shape index (κ3) is 4.77. The average molecular weight is 494 g/mol. The van der Waals surface area contributed by atoms with Crippen LogP contribution in [0.25, 0.3) is 22.6 Å². The number of carbonyl (C=O) groups excluding carboxylic acids is 2. The number of benzene rings is 2. The Bertz CT molecular complexity index is 1490. The molecule has 0 unspecified atom stereocenters. The van der Waals surface area contributed by atoms with E-state index in [0.29, 0.717) is 23.2 Å². The number of para-hydroxylation sites is 2. The average Bonchev–Trinajstić information content (AvgIpc) is 3.57. The van der Waals surface area contributed by atoms with Gasteiger partial charge in [-0.05, 0) is 59.7 Å². The van der Waals surface area contributed by atoms with Crippen LogP contribution in [0, 0.1) is 11.3 Å². The van der Waals surface area contributed by atoms with Gasteiger partial charge in [0.2, 0.25) is 0 Å². The van der Waals surface area contributed by atoms with Crippen LogP contribution >= 0.6 is 11.3 Å². The van der Waals surface area contributed by atoms with Crippen LogP contribution in [0.15, 0.2) is 72.1 Å². The minimum atomic E-state index is -0.538. The van der Waals surface area contributed by atoms with Crippen molar-refractivity contribution < 1.29 is 14.3 Å². The molecule has 7 heteroatoms. The van der Waals surface area contributed by atoms with E-state index in [1.807, 2.05) is 53.9 Å². The van der Waals surface area contributed by atoms with Gasteiger partial charge in [0.25, 0.3) is 5.91 Å². The van der Waals surface area contributed by atoms with E-state index in [4.69, 9.17) is 15.0 Å². The van der Waals surface area contributed by atoms with Gasteiger partial charge in [-0.1, -0.05) is 42.5 Å². The van der Waals surface area contributed by atoms with Gasteiger partial charge in [0.1, 0.15) is 0 Å². The van der Waals surface area contributed by atoms with Crippen molar-refractivity contribution in [2.45, 2.75) is 19.3 Å². The van der Waals surface area contributed by atoms with Gasteiger partial charge < -0.3 is 9.64 Å². The Morgan fingerprint density at radius 3 is 2.64 bits per heavy atom. The van der Waals surface area contributed by atoms with Crippen molar-refractivity contribution in [2.75, 3.05) is 18.1 Å². The largest absolute Gasteiger partial charge is 0.452 e. The number of anilines is 1. The van der Waals surface area contributed by atoms with Crippen molar-refractivity contribution in [1.29, 1.82) is 5.26 Å². The lowest BCUT2D eigenvalue weighted by Gasteiger charge is -2.21. The number of aromatic nitrogens is 1. The highest BCUT2D eigenvalue weighted by atomic mass is 32.1. The molecule has 4 aromatic rings. The highest BCUT2D eigenvalue weighted by Gasteiger charge is 2.28. The fourth-order valence-electron chi connectivity index (χ4n) is 4.50. The number of thiophene rings is 1. The number of pyridine rings is 1. The smallest absolute Gasteiger partial charge is 0.339 e. The van der Waals surface area contributed by atoms with Crippen molar-refractivity contribution in [1.82, 2.24) is 4.98 Å². The Morgan fingerprint density at radius 2 is 1.86 bits per heavy atom. The van der Waals surface area contributed by atoms with E-state index in [-0.39, 0.29) is 18.9 Å². The summed E-state index contributed by atoms with van der Waals surface area (Å²) in [5.41, 5.74) is 4.62. The Kier molecular flexibility index (Phi) is 6.87. The van der Waals surface area contributed by atoms with E-state index < -0.39 is 12.6 Å². The van der Waals surface area contributed by atoms with Crippen LogP contribution in [0.2, 0.25) is 0 Å². The Labute approximate surface area is 213 Å². The maximum Gasteiger partial charge on any atom is 0.339 e. The number of esters is 1. The zero-order chi connectivity index (χ0) is 24.9. The molecule has 0 bridgehead atoms. The lowest BCUT2D eigenvalue weighted by atomic mass is 10.0. The summed E-state index contributed by atoms with van der Waals surface area (Å²) in [5.74, 6) is -0.915. The molecular formula is C29H23N3O3S. The summed E-state index contributed by atoms with van der Waals surface area (Å²) in [6.07, 6.45) is 3.77. The molecule has 178 valence electrons. The third-order valence-electron chi connectivity index (χ3n) is 6.15. The van der Waals surface area contributed by atoms with Crippen LogP contribution in [-0.2, 0) is 16.0 Å². The minimum Gasteiger partial charge on any atom is -0.452 e. The summed E-state index contributed by atoms with van der Waals surface area (Å²) in [6, 6.07) is 22.7. The second-order valence-electron chi connectivity index (χ2n) is 8.38. The van der Waals surface area contributed by atoms with Crippen LogP contribution in [-0.4, -0.2) is 30.0 Å². The lowest BCUT2D eigenvalue weighted by molar-refractivity contribution is -0.121. The van der Waals surface area contributed by atoms with Crippen LogP contribution in [0.1, 0.15) is 39.3 Å². The van der Waals surface area contributed by atoms with E-state index in [0.717, 1.165) is 33.5 Å². The number of rotatable bonds is 7. The molecule has 5 rings (SSSR count). The molecule has 0 aliphatic heterocycles. The van der Waals surface area contributed by atoms with E-state index in [1.165, 1.54) is 4.90 Å². The van der Waals surface area contributed by atoms with Crippen molar-refractivity contribution in [3.05, 3.63) is 93.8 Å². The number of ether oxygens (including phenoxy) is 1. The number of nitrogens with zero attached hydrogens (tertiary/aromatic N) is 3. The number of hydrogen-bond donors (Lipinski definition) is 0. The fraction of sp³-hybridized carbons (Fsp3) is 0.172. The van der Waals surface area contributed by atoms with E-state index in [2.05, 4.69) is 18.2 Å². The first-order chi connectivity index (χ1) is 17.7. The molecule has 0 spiro atoms. The summed E-state index contributed by atoms with van der Waals surface area (Å²) in [5, 5.41) is 11.8. The second kappa shape index (κ2) is 10.5. The highest BCUT2D eigenvalue weighted by molar-refractivity contribution is 7.10. The minimum absolute atomic E-state index is 0.177. The maximum absolute atomic E-state index is 13.4. The topological polar surface area (TPSA) is 83.3 Å². The lowest BCUT2D eigenvalue weighted by Crippen LogP contribution is -2.35. The predicted molar refractivity (Wildman–Crippen MR) is 142 cm³/mol. The number of hydrogen-bond acceptors (Lipinski definition) is 6. The zero-order valence-corrected chi connectivity index (χ0v) is 20.3. The highest BCUT2D eigenvalue weighted by Crippen LogP contribution is 2.38. The van der Waals surface area contributed by atoms with Gasteiger partial charge in [0.05, 0.1) is 29.3 Å². The molecule has 0 radical (unpaired) electrons. The number of fused-ring (bicyclic) bond motifs is 2. The molecule has 1 aliphatic carbocycles. The van der Waals surface area contributed by atoms with Gasteiger partial charge in [0, 0.05) is 22.5 Å². The molecule has 36 heavy (non-hydrogen) atoms. The number of allylic oxidation sites excluding steroid dienone is 1. The van der Waals surface area contributed by atoms with E-state index in [1.54, 1.807) is 23.5 Å². The molecule has 1 aliphatic rings. The van der Waals surface area contributed by atoms with Gasteiger partial charge in [-0.3, -0.25) is 4.79 Å². The van der Waals surface area contributed by atoms with Gasteiger partial charge in [0.15, 0.2) is 6.61 Å². The summed E-state index contributed by atoms with van der Waals surface area (Å²) in [7, 11) is 0. The van der Waals surface area contributed by atoms with Crippen molar-refractivity contribution >= 4 is 51.5 Å². The molecule has 2 aromatic carbocycles. The fourth-order valence-corrected chi connectivity index (χ4v) is 5.18. The van der Waals surface area contributed by atoms with E-state index in [9.17, 15) is 9.59 Å². The van der Waals surface area contributed by atoms with Crippen LogP contribution in [0.3, 0.4) is 0 Å². The summed E-state index contributed by atoms with van der Waals surface area (Å²) in [6.45, 7) is -0.191.